The number of nitrogens with two attached hydrogens (primary N) is 1. The second-order valence-electron chi connectivity index (χ2n) is 4.05. The van der Waals surface area contributed by atoms with E-state index in [0.717, 1.165) is 12.0 Å². The van der Waals surface area contributed by atoms with Gasteiger partial charge >= 0.3 is 7.52 Å². The number of hydrogen-bond acceptors (Lipinski definition) is 2. The third-order valence-electron chi connectivity index (χ3n) is 2.72. The van der Waals surface area contributed by atoms with E-state index in [9.17, 15) is 4.57 Å². The largest absolute Gasteiger partial charge is 0.429 e. The van der Waals surface area contributed by atoms with Crippen molar-refractivity contribution in [3.05, 3.63) is 60.4 Å². The van der Waals surface area contributed by atoms with Crippen molar-refractivity contribution in [2.24, 2.45) is 5.50 Å². The van der Waals surface area contributed by atoms with Gasteiger partial charge in [-0.15, -0.1) is 0 Å². The van der Waals surface area contributed by atoms with Gasteiger partial charge in [0.05, 0.1) is 5.30 Å². The zero-order chi connectivity index (χ0) is 13.2. The molecule has 2 rings (SSSR count). The van der Waals surface area contributed by atoms with E-state index >= 15 is 0 Å². The average molecular weight is 261 g/mol. The average Bonchev–Trinajstić information content (AvgIpc) is 2.36. The number of fused-ring (bicyclic) bond motifs is 1. The highest BCUT2D eigenvalue weighted by Gasteiger charge is 2.33. The molecule has 0 saturated heterocycles. The molecule has 1 unspecified atom stereocenters. The molecule has 0 saturated carbocycles. The summed E-state index contributed by atoms with van der Waals surface area (Å²) in [6.45, 7) is 6.01. The summed E-state index contributed by atoms with van der Waals surface area (Å²) < 4.78 is 17.7. The topological polar surface area (TPSA) is 52.3 Å². The normalized spacial score (nSPS) is 25.2. The second kappa shape index (κ2) is 4.97. The lowest BCUT2D eigenvalue weighted by Crippen LogP contribution is -2.23. The lowest BCUT2D eigenvalue weighted by atomic mass is 10.1. The van der Waals surface area contributed by atoms with Crippen LogP contribution >= 0.6 is 7.52 Å². The van der Waals surface area contributed by atoms with Crippen LogP contribution in [-0.2, 0) is 9.09 Å². The molecule has 0 radical (unpaired) electrons. The van der Waals surface area contributed by atoms with E-state index in [1.807, 2.05) is 31.2 Å². The fraction of sp³-hybridized carbons (Fsp3) is 0.143. The molecule has 1 aromatic carbocycles. The van der Waals surface area contributed by atoms with Crippen LogP contribution in [0.25, 0.3) is 5.57 Å². The summed E-state index contributed by atoms with van der Waals surface area (Å²) >= 11 is 0. The predicted octanol–water partition coefficient (Wildman–Crippen LogP) is 3.36. The van der Waals surface area contributed by atoms with Crippen LogP contribution in [0.2, 0.25) is 0 Å². The molecule has 18 heavy (non-hydrogen) atoms. The van der Waals surface area contributed by atoms with Gasteiger partial charge in [0.1, 0.15) is 5.76 Å². The maximum absolute atomic E-state index is 12.3. The molecular formula is C14H16NO2P. The molecule has 0 fully saturated rings. The van der Waals surface area contributed by atoms with Gasteiger partial charge in [-0.3, -0.25) is 4.57 Å². The van der Waals surface area contributed by atoms with Crippen molar-refractivity contribution in [2.45, 2.75) is 13.3 Å². The smallest absolute Gasteiger partial charge is 0.344 e. The van der Waals surface area contributed by atoms with E-state index in [0.29, 0.717) is 16.6 Å². The summed E-state index contributed by atoms with van der Waals surface area (Å²) in [6, 6.07) is 7.24. The Morgan fingerprint density at radius 3 is 2.89 bits per heavy atom. The second-order valence-corrected chi connectivity index (χ2v) is 5.91. The van der Waals surface area contributed by atoms with Gasteiger partial charge in [0.15, 0.2) is 0 Å². The Morgan fingerprint density at radius 2 is 2.17 bits per heavy atom. The molecule has 4 heteroatoms. The molecular weight excluding hydrogens is 245 g/mol. The van der Waals surface area contributed by atoms with Crippen molar-refractivity contribution in [2.75, 3.05) is 0 Å². The third kappa shape index (κ3) is 2.33. The van der Waals surface area contributed by atoms with E-state index < -0.39 is 7.52 Å². The van der Waals surface area contributed by atoms with Gasteiger partial charge in [-0.2, -0.15) is 0 Å². The Balaban J connectivity index is 2.49. The molecule has 3 nitrogen and oxygen atoms in total. The Morgan fingerprint density at radius 1 is 1.44 bits per heavy atom. The van der Waals surface area contributed by atoms with Crippen molar-refractivity contribution in [1.82, 2.24) is 0 Å². The van der Waals surface area contributed by atoms with Gasteiger partial charge in [0.25, 0.3) is 0 Å². The summed E-state index contributed by atoms with van der Waals surface area (Å²) in [5, 5.41) is 0.534. The molecule has 0 bridgehead atoms. The Hall–Kier alpha value is -1.57. The first kappa shape index (κ1) is 12.9. The van der Waals surface area contributed by atoms with Crippen LogP contribution in [0.5, 0.6) is 0 Å². The van der Waals surface area contributed by atoms with Crippen LogP contribution in [-0.4, -0.2) is 0 Å². The lowest BCUT2D eigenvalue weighted by Gasteiger charge is -2.26. The van der Waals surface area contributed by atoms with E-state index in [4.69, 9.17) is 10.0 Å². The molecule has 1 atom stereocenters. The molecule has 1 aliphatic heterocycles. The quantitative estimate of drug-likeness (QED) is 0.830. The summed E-state index contributed by atoms with van der Waals surface area (Å²) in [5.74, 6) is 0.476. The van der Waals surface area contributed by atoms with Crippen LogP contribution in [0.3, 0.4) is 0 Å². The Labute approximate surface area is 107 Å². The van der Waals surface area contributed by atoms with Crippen LogP contribution in [0, 0.1) is 0 Å². The van der Waals surface area contributed by atoms with Gasteiger partial charge < -0.3 is 4.52 Å². The van der Waals surface area contributed by atoms with Crippen molar-refractivity contribution in [1.29, 1.82) is 0 Å². The van der Waals surface area contributed by atoms with Crippen LogP contribution in [0.15, 0.2) is 54.8 Å². The minimum absolute atomic E-state index is 0.476. The van der Waals surface area contributed by atoms with E-state index in [1.165, 1.54) is 0 Å². The van der Waals surface area contributed by atoms with Crippen LogP contribution in [0.4, 0.5) is 0 Å². The molecule has 1 heterocycles. The Kier molecular flexibility index (Phi) is 3.55. The molecule has 0 aliphatic carbocycles. The monoisotopic (exact) mass is 261 g/mol. The molecule has 1 aromatic rings. The molecule has 1 aliphatic rings. The minimum Gasteiger partial charge on any atom is -0.429 e. The predicted molar refractivity (Wildman–Crippen MR) is 75.5 cm³/mol. The summed E-state index contributed by atoms with van der Waals surface area (Å²) in [6.07, 6.45) is 6.51. The maximum Gasteiger partial charge on any atom is 0.344 e. The van der Waals surface area contributed by atoms with Crippen molar-refractivity contribution in [3.8, 4) is 0 Å². The van der Waals surface area contributed by atoms with Crippen molar-refractivity contribution < 1.29 is 9.09 Å². The first-order valence-electron chi connectivity index (χ1n) is 5.80. The zero-order valence-electron chi connectivity index (χ0n) is 10.3. The number of hydrogen-bond donors (Lipinski definition) is 1. The van der Waals surface area contributed by atoms with E-state index in [2.05, 4.69) is 6.58 Å². The first-order valence-corrected chi connectivity index (χ1v) is 7.50. The van der Waals surface area contributed by atoms with E-state index in [-0.39, 0.29) is 0 Å². The van der Waals surface area contributed by atoms with Crippen molar-refractivity contribution in [3.63, 3.8) is 0 Å². The fourth-order valence-electron chi connectivity index (χ4n) is 1.81. The van der Waals surface area contributed by atoms with Gasteiger partial charge in [0, 0.05) is 11.1 Å². The van der Waals surface area contributed by atoms with Crippen LogP contribution in [0.1, 0.15) is 18.9 Å². The lowest BCUT2D eigenvalue weighted by molar-refractivity contribution is 0.427. The number of rotatable bonds is 2. The van der Waals surface area contributed by atoms with Gasteiger partial charge in [-0.05, 0) is 18.6 Å². The summed E-state index contributed by atoms with van der Waals surface area (Å²) in [4.78, 5) is 0. The summed E-state index contributed by atoms with van der Waals surface area (Å²) in [5.41, 5.74) is 7.28. The Bertz CT molecular complexity index is 587. The number of allylic oxidation sites excluding steroid dienone is 4. The molecule has 0 spiro atoms. The highest BCUT2D eigenvalue weighted by atomic mass is 31.2. The first-order chi connectivity index (χ1) is 8.56. The van der Waals surface area contributed by atoms with Crippen LogP contribution < -0.4 is 10.8 Å². The van der Waals surface area contributed by atoms with Gasteiger partial charge in [-0.1, -0.05) is 43.9 Å². The highest BCUT2D eigenvalue weighted by molar-refractivity contribution is 7.65. The minimum atomic E-state index is -3.28. The standard InChI is InChI=1S/C14H16NO2P/c1-3-4-5-9-13-11(2)12-8-6-7-10-14(12)18(15,16)17-13/h4-10H,2-3H2,1H3,(H2,15,16)/b5-4-,13-9+. The SMILES string of the molecule is C=C1/C(=C\C=C/CC)OP(N)(=O)c2ccccc21. The highest BCUT2D eigenvalue weighted by Crippen LogP contribution is 2.48. The van der Waals surface area contributed by atoms with Gasteiger partial charge in [-0.25, -0.2) is 5.50 Å². The van der Waals surface area contributed by atoms with Gasteiger partial charge in [0.2, 0.25) is 0 Å². The summed E-state index contributed by atoms with van der Waals surface area (Å²) in [7, 11) is -3.28. The molecule has 94 valence electrons. The fourth-order valence-corrected chi connectivity index (χ4v) is 3.21. The number of benzene rings is 1. The molecule has 0 aromatic heterocycles. The zero-order valence-corrected chi connectivity index (χ0v) is 11.2. The molecule has 0 amide bonds. The molecule has 2 N–H and O–H groups in total. The third-order valence-corrected chi connectivity index (χ3v) is 4.25. The van der Waals surface area contributed by atoms with E-state index in [1.54, 1.807) is 18.2 Å². The van der Waals surface area contributed by atoms with Crippen molar-refractivity contribution >= 4 is 18.4 Å². The maximum atomic E-state index is 12.3.